The fourth-order valence-corrected chi connectivity index (χ4v) is 8.75. The van der Waals surface area contributed by atoms with E-state index in [9.17, 15) is 25.1 Å². The summed E-state index contributed by atoms with van der Waals surface area (Å²) in [4.78, 5) is 35.4. The van der Waals surface area contributed by atoms with Gasteiger partial charge in [0.25, 0.3) is 0 Å². The highest BCUT2D eigenvalue weighted by molar-refractivity contribution is 6.32. The lowest BCUT2D eigenvalue weighted by Crippen LogP contribution is -2.49. The molecule has 2 aliphatic heterocycles. The number of carboxylic acid groups (broad SMARTS) is 2. The Balaban J connectivity index is 0.978. The molecular formula is C52H48Cl2N6O8. The Labute approximate surface area is 403 Å². The smallest absolute Gasteiger partial charge is 0.309 e. The molecule has 6 aromatic rings. The summed E-state index contributed by atoms with van der Waals surface area (Å²) in [5, 5.41) is 36.6. The number of nitrogens with one attached hydrogen (secondary N) is 1. The van der Waals surface area contributed by atoms with Crippen molar-refractivity contribution in [2.24, 2.45) is 11.8 Å². The van der Waals surface area contributed by atoms with Crippen LogP contribution in [0, 0.1) is 42.4 Å². The molecule has 0 bridgehead atoms. The third-order valence-corrected chi connectivity index (χ3v) is 12.9. The number of nitriles is 1. The summed E-state index contributed by atoms with van der Waals surface area (Å²) in [6.07, 6.45) is 7.64. The first kappa shape index (κ1) is 47.5. The van der Waals surface area contributed by atoms with Gasteiger partial charge in [-0.3, -0.25) is 29.4 Å². The molecule has 0 aliphatic carbocycles. The van der Waals surface area contributed by atoms with E-state index in [1.807, 2.05) is 46.2 Å². The number of hydrogen-bond acceptors (Lipinski definition) is 12. The van der Waals surface area contributed by atoms with Gasteiger partial charge < -0.3 is 34.6 Å². The highest BCUT2D eigenvalue weighted by Gasteiger charge is 2.34. The van der Waals surface area contributed by atoms with Crippen molar-refractivity contribution >= 4 is 41.4 Å². The molecule has 8 rings (SSSR count). The Morgan fingerprint density at radius 3 is 1.57 bits per heavy atom. The van der Waals surface area contributed by atoms with Gasteiger partial charge in [-0.1, -0.05) is 59.6 Å². The number of likely N-dealkylation sites (tertiary alicyclic amines) is 2. The third-order valence-electron chi connectivity index (χ3n) is 12.3. The van der Waals surface area contributed by atoms with Crippen LogP contribution in [0.4, 0.5) is 0 Å². The quantitative estimate of drug-likeness (QED) is 0.0614. The van der Waals surface area contributed by atoms with E-state index in [1.165, 1.54) is 12.4 Å². The maximum atomic E-state index is 11.5. The number of hydrogen-bond donors (Lipinski definition) is 3. The van der Waals surface area contributed by atoms with Crippen LogP contribution in [-0.2, 0) is 49.1 Å². The van der Waals surface area contributed by atoms with Crippen LogP contribution in [0.15, 0.2) is 97.6 Å². The van der Waals surface area contributed by atoms with Gasteiger partial charge >= 0.3 is 11.9 Å². The van der Waals surface area contributed by atoms with E-state index in [4.69, 9.17) is 47.6 Å². The number of aliphatic carboxylic acids is 2. The predicted octanol–water partition coefficient (Wildman–Crippen LogP) is 9.29. The molecule has 0 saturated carbocycles. The van der Waals surface area contributed by atoms with Crippen LogP contribution < -0.4 is 18.9 Å². The second-order valence-corrected chi connectivity index (χ2v) is 17.9. The summed E-state index contributed by atoms with van der Waals surface area (Å²) in [5.74, 6) is -0.529. The minimum atomic E-state index is -0.817. The molecule has 0 amide bonds. The lowest BCUT2D eigenvalue weighted by molar-refractivity contribution is -0.148. The Kier molecular flexibility index (Phi) is 14.9. The first-order valence-corrected chi connectivity index (χ1v) is 22.6. The molecule has 2 aromatic heterocycles. The Morgan fingerprint density at radius 2 is 1.12 bits per heavy atom. The molecule has 2 saturated heterocycles. The van der Waals surface area contributed by atoms with Gasteiger partial charge in [0.15, 0.2) is 0 Å². The van der Waals surface area contributed by atoms with Crippen molar-refractivity contribution < 1.29 is 38.7 Å². The molecular weight excluding hydrogens is 908 g/mol. The van der Waals surface area contributed by atoms with E-state index in [1.54, 1.807) is 42.9 Å². The summed E-state index contributed by atoms with van der Waals surface area (Å²) < 4.78 is 25.4. The number of aromatic nitrogens is 2. The summed E-state index contributed by atoms with van der Waals surface area (Å²) in [7, 11) is 0. The molecule has 2 aliphatic rings. The third kappa shape index (κ3) is 11.2. The fraction of sp³-hybridized carbons (Fsp3) is 0.269. The number of rotatable bonds is 20. The highest BCUT2D eigenvalue weighted by atomic mass is 35.5. The van der Waals surface area contributed by atoms with Crippen LogP contribution in [0.1, 0.15) is 55.6 Å². The Hall–Kier alpha value is -7.02. The first-order chi connectivity index (χ1) is 32.8. The molecule has 0 radical (unpaired) electrons. The zero-order valence-electron chi connectivity index (χ0n) is 37.4. The SMILES string of the molecule is Cc1c(COc2cc(OCc3cncc(C#N)c3)c(CN3CC(C(=O)O)C3)cc2Cl)cccc1-c1cccc(COc2cc(OCc3cncc(C=N)c3)c(CN3CC(C(=O)O)C3)cc2Cl)c1C. The molecule has 14 nitrogen and oxygen atoms in total. The summed E-state index contributed by atoms with van der Waals surface area (Å²) in [6, 6.07) is 24.9. The maximum absolute atomic E-state index is 11.5. The summed E-state index contributed by atoms with van der Waals surface area (Å²) >= 11 is 13.7. The van der Waals surface area contributed by atoms with Crippen molar-refractivity contribution in [1.82, 2.24) is 19.8 Å². The van der Waals surface area contributed by atoms with Crippen LogP contribution >= 0.6 is 23.2 Å². The normalized spacial score (nSPS) is 14.0. The van der Waals surface area contributed by atoms with Crippen LogP contribution in [0.5, 0.6) is 23.0 Å². The van der Waals surface area contributed by atoms with Gasteiger partial charge in [-0.2, -0.15) is 5.26 Å². The molecule has 4 heterocycles. The monoisotopic (exact) mass is 954 g/mol. The van der Waals surface area contributed by atoms with Crippen molar-refractivity contribution in [3.05, 3.63) is 163 Å². The molecule has 4 aromatic carbocycles. The molecule has 0 spiro atoms. The lowest BCUT2D eigenvalue weighted by atomic mass is 9.92. The lowest BCUT2D eigenvalue weighted by Gasteiger charge is -2.37. The van der Waals surface area contributed by atoms with Crippen molar-refractivity contribution in [3.8, 4) is 40.2 Å². The minimum absolute atomic E-state index is 0.144. The summed E-state index contributed by atoms with van der Waals surface area (Å²) in [6.45, 7) is 7.46. The predicted molar refractivity (Wildman–Crippen MR) is 255 cm³/mol. The molecule has 16 heteroatoms. The van der Waals surface area contributed by atoms with E-state index < -0.39 is 23.8 Å². The van der Waals surface area contributed by atoms with E-state index >= 15 is 0 Å². The van der Waals surface area contributed by atoms with E-state index in [2.05, 4.69) is 42.0 Å². The topological polar surface area (TPSA) is 191 Å². The van der Waals surface area contributed by atoms with Crippen LogP contribution in [0.3, 0.4) is 0 Å². The molecule has 2 fully saturated rings. The van der Waals surface area contributed by atoms with Crippen LogP contribution in [-0.4, -0.2) is 74.3 Å². The minimum Gasteiger partial charge on any atom is -0.488 e. The average molecular weight is 956 g/mol. The molecule has 3 N–H and O–H groups in total. The van der Waals surface area contributed by atoms with Gasteiger partial charge in [-0.25, -0.2) is 0 Å². The number of halogens is 2. The van der Waals surface area contributed by atoms with Crippen molar-refractivity contribution in [1.29, 1.82) is 10.7 Å². The average Bonchev–Trinajstić information content (AvgIpc) is 3.30. The second-order valence-electron chi connectivity index (χ2n) is 17.0. The van der Waals surface area contributed by atoms with E-state index in [0.717, 1.165) is 50.1 Å². The van der Waals surface area contributed by atoms with E-state index in [0.29, 0.717) is 89.0 Å². The standard InChI is InChI=1S/C52H48Cl2N6O8/c1-31-37(29-67-49-13-47(65-27-35-9-33(15-55)17-57-19-35)39(11-45(49)53)21-59-23-41(24-59)51(61)62)5-3-7-43(31)44-8-4-6-38(32(44)2)30-68-50-14-48(66-28-36-10-34(16-56)18-58-20-36)40(12-46(50)54)22-60-25-42(26-60)52(63)64/h3-15,17-20,41-42,55H,21-30H2,1-2H3,(H,61,62)(H,63,64). The Morgan fingerprint density at radius 1 is 0.662 bits per heavy atom. The molecule has 0 unspecified atom stereocenters. The maximum Gasteiger partial charge on any atom is 0.309 e. The van der Waals surface area contributed by atoms with Crippen molar-refractivity contribution in [2.45, 2.75) is 53.4 Å². The Bertz CT molecular complexity index is 2910. The van der Waals surface area contributed by atoms with Gasteiger partial charge in [-0.15, -0.1) is 0 Å². The van der Waals surface area contributed by atoms with Gasteiger partial charge in [0.05, 0.1) is 27.4 Å². The zero-order chi connectivity index (χ0) is 47.9. The number of ether oxygens (including phenoxy) is 4. The number of carboxylic acids is 2. The van der Waals surface area contributed by atoms with Crippen molar-refractivity contribution in [2.75, 3.05) is 26.2 Å². The zero-order valence-corrected chi connectivity index (χ0v) is 38.9. The van der Waals surface area contributed by atoms with Gasteiger partial charge in [0.2, 0.25) is 0 Å². The largest absolute Gasteiger partial charge is 0.488 e. The summed E-state index contributed by atoms with van der Waals surface area (Å²) in [5.41, 5.74) is 10.1. The molecule has 348 valence electrons. The first-order valence-electron chi connectivity index (χ1n) is 21.9. The fourth-order valence-electron chi connectivity index (χ4n) is 8.27. The highest BCUT2D eigenvalue weighted by Crippen LogP contribution is 2.39. The van der Waals surface area contributed by atoms with Crippen LogP contribution in [0.25, 0.3) is 11.1 Å². The van der Waals surface area contributed by atoms with Crippen molar-refractivity contribution in [3.63, 3.8) is 0 Å². The number of nitrogens with zero attached hydrogens (tertiary/aromatic N) is 5. The van der Waals surface area contributed by atoms with Gasteiger partial charge in [0.1, 0.15) is 55.5 Å². The molecule has 0 atom stereocenters. The number of benzene rings is 4. The van der Waals surface area contributed by atoms with Crippen LogP contribution in [0.2, 0.25) is 10.0 Å². The van der Waals surface area contributed by atoms with Gasteiger partial charge in [-0.05, 0) is 71.5 Å². The van der Waals surface area contributed by atoms with Gasteiger partial charge in [0, 0.05) is 110 Å². The molecule has 68 heavy (non-hydrogen) atoms. The number of pyridine rings is 2. The second kappa shape index (κ2) is 21.3. The van der Waals surface area contributed by atoms with E-state index in [-0.39, 0.29) is 26.4 Å². The number of carbonyl (C=O) groups is 2.